The molecular weight excluding hydrogens is 605 g/mol. The molecule has 44 heavy (non-hydrogen) atoms. The molecule has 236 valence electrons. The van der Waals surface area contributed by atoms with Crippen LogP contribution < -0.4 is 14.4 Å². The number of hydrogen-bond donors (Lipinski definition) is 1. The maximum atomic E-state index is 14.3. The lowest BCUT2D eigenvalue weighted by Gasteiger charge is -2.34. The van der Waals surface area contributed by atoms with E-state index in [1.165, 1.54) is 48.4 Å². The van der Waals surface area contributed by atoms with Crippen molar-refractivity contribution in [2.24, 2.45) is 0 Å². The lowest BCUT2D eigenvalue weighted by Crippen LogP contribution is -2.54. The van der Waals surface area contributed by atoms with E-state index >= 15 is 0 Å². The number of sulfonamides is 1. The molecule has 0 aromatic heterocycles. The second-order valence-corrected chi connectivity index (χ2v) is 13.4. The van der Waals surface area contributed by atoms with E-state index in [4.69, 9.17) is 16.3 Å². The van der Waals surface area contributed by atoms with Crippen LogP contribution in [0.25, 0.3) is 0 Å². The molecule has 4 rings (SSSR count). The number of nitrogens with zero attached hydrogens (tertiary/aromatic N) is 2. The van der Waals surface area contributed by atoms with E-state index in [0.717, 1.165) is 42.0 Å². The first-order valence-corrected chi connectivity index (χ1v) is 16.6. The predicted molar refractivity (Wildman–Crippen MR) is 170 cm³/mol. The maximum absolute atomic E-state index is 14.3. The van der Waals surface area contributed by atoms with Crippen LogP contribution in [0.1, 0.15) is 56.6 Å². The van der Waals surface area contributed by atoms with Gasteiger partial charge >= 0.3 is 0 Å². The first-order valence-electron chi connectivity index (χ1n) is 14.8. The highest BCUT2D eigenvalue weighted by atomic mass is 35.5. The highest BCUT2D eigenvalue weighted by molar-refractivity contribution is 7.92. The maximum Gasteiger partial charge on any atom is 0.264 e. The fourth-order valence-corrected chi connectivity index (χ4v) is 7.04. The number of hydrogen-bond acceptors (Lipinski definition) is 5. The second-order valence-electron chi connectivity index (χ2n) is 11.1. The number of benzene rings is 3. The summed E-state index contributed by atoms with van der Waals surface area (Å²) in [6.45, 7) is 2.98. The monoisotopic (exact) mass is 643 g/mol. The lowest BCUT2D eigenvalue weighted by atomic mass is 9.95. The Morgan fingerprint density at radius 3 is 2.30 bits per heavy atom. The van der Waals surface area contributed by atoms with Crippen LogP contribution in [0.2, 0.25) is 5.02 Å². The number of aryl methyl sites for hydroxylation is 1. The van der Waals surface area contributed by atoms with E-state index in [0.29, 0.717) is 5.56 Å². The van der Waals surface area contributed by atoms with Gasteiger partial charge in [-0.2, -0.15) is 0 Å². The summed E-state index contributed by atoms with van der Waals surface area (Å²) in [5, 5.41) is 3.36. The molecule has 11 heteroatoms. The average Bonchev–Trinajstić information content (AvgIpc) is 3.01. The molecule has 0 aliphatic heterocycles. The zero-order valence-corrected chi connectivity index (χ0v) is 26.8. The predicted octanol–water partition coefficient (Wildman–Crippen LogP) is 6.25. The van der Waals surface area contributed by atoms with Gasteiger partial charge in [0.25, 0.3) is 10.0 Å². The third-order valence-electron chi connectivity index (χ3n) is 7.90. The zero-order valence-electron chi connectivity index (χ0n) is 25.3. The Balaban J connectivity index is 1.75. The van der Waals surface area contributed by atoms with E-state index in [-0.39, 0.29) is 46.3 Å². The molecule has 1 aliphatic rings. The number of carbonyl (C=O) groups is 2. The highest BCUT2D eigenvalue weighted by Gasteiger charge is 2.35. The quantitative estimate of drug-likeness (QED) is 0.252. The van der Waals surface area contributed by atoms with Gasteiger partial charge in [-0.1, -0.05) is 67.6 Å². The molecule has 0 bridgehead atoms. The first-order chi connectivity index (χ1) is 21.0. The molecule has 1 fully saturated rings. The summed E-state index contributed by atoms with van der Waals surface area (Å²) in [4.78, 5) is 29.3. The van der Waals surface area contributed by atoms with Gasteiger partial charge in [0.2, 0.25) is 11.8 Å². The van der Waals surface area contributed by atoms with Crippen molar-refractivity contribution in [1.82, 2.24) is 10.2 Å². The van der Waals surface area contributed by atoms with E-state index in [2.05, 4.69) is 5.32 Å². The van der Waals surface area contributed by atoms with Crippen LogP contribution in [0.4, 0.5) is 10.1 Å². The van der Waals surface area contributed by atoms with E-state index in [9.17, 15) is 22.4 Å². The molecular formula is C33H39ClFN3O5S. The molecule has 0 radical (unpaired) electrons. The minimum Gasteiger partial charge on any atom is -0.495 e. The van der Waals surface area contributed by atoms with Gasteiger partial charge in [-0.25, -0.2) is 12.8 Å². The first kappa shape index (κ1) is 33.3. The van der Waals surface area contributed by atoms with Crippen LogP contribution >= 0.6 is 11.6 Å². The molecule has 3 aromatic carbocycles. The smallest absolute Gasteiger partial charge is 0.264 e. The van der Waals surface area contributed by atoms with Crippen molar-refractivity contribution in [3.63, 3.8) is 0 Å². The van der Waals surface area contributed by atoms with Crippen molar-refractivity contribution >= 4 is 39.1 Å². The number of methoxy groups -OCH3 is 1. The van der Waals surface area contributed by atoms with Crippen LogP contribution in [0.3, 0.4) is 0 Å². The van der Waals surface area contributed by atoms with Crippen LogP contribution in [0.15, 0.2) is 71.6 Å². The Morgan fingerprint density at radius 1 is 1.02 bits per heavy atom. The summed E-state index contributed by atoms with van der Waals surface area (Å²) in [7, 11) is -2.91. The number of rotatable bonds is 12. The van der Waals surface area contributed by atoms with Gasteiger partial charge in [0.05, 0.1) is 17.7 Å². The third-order valence-corrected chi connectivity index (χ3v) is 9.91. The number of ether oxygens (including phenoxy) is 1. The van der Waals surface area contributed by atoms with Gasteiger partial charge in [0, 0.05) is 17.6 Å². The van der Waals surface area contributed by atoms with Gasteiger partial charge in [-0.05, 0) is 74.2 Å². The molecule has 1 unspecified atom stereocenters. The van der Waals surface area contributed by atoms with E-state index < -0.39 is 34.3 Å². The van der Waals surface area contributed by atoms with Crippen LogP contribution in [-0.4, -0.2) is 50.9 Å². The zero-order chi connectivity index (χ0) is 31.9. The van der Waals surface area contributed by atoms with E-state index in [1.807, 2.05) is 6.92 Å². The van der Waals surface area contributed by atoms with Gasteiger partial charge in [0.15, 0.2) is 0 Å². The summed E-state index contributed by atoms with van der Waals surface area (Å²) in [5.41, 5.74) is 1.54. The summed E-state index contributed by atoms with van der Waals surface area (Å²) >= 11 is 6.31. The summed E-state index contributed by atoms with van der Waals surface area (Å²) in [6.07, 6.45) is 5.19. The molecule has 2 amide bonds. The third kappa shape index (κ3) is 8.09. The summed E-state index contributed by atoms with van der Waals surface area (Å²) < 4.78 is 48.5. The number of amides is 2. The van der Waals surface area contributed by atoms with Crippen molar-refractivity contribution in [3.8, 4) is 5.75 Å². The van der Waals surface area contributed by atoms with Crippen molar-refractivity contribution < 1.29 is 27.1 Å². The molecule has 1 N–H and O–H groups in total. The van der Waals surface area contributed by atoms with Gasteiger partial charge < -0.3 is 15.0 Å². The molecule has 0 saturated heterocycles. The number of carbonyl (C=O) groups excluding carboxylic acids is 2. The minimum absolute atomic E-state index is 0.0159. The standard InChI is InChI=1S/C33H39ClFN3O5S/c1-4-29(33(40)36-27-8-6-5-7-9-27)37(21-24-12-15-26(35)16-13-24)32(39)22-38(30-20-25(34)14-19-31(30)43-3)44(41,42)28-17-10-23(2)11-18-28/h10-20,27,29H,4-9,21-22H2,1-3H3,(H,36,40). The fraction of sp³-hybridized carbons (Fsp3) is 0.394. The lowest BCUT2D eigenvalue weighted by molar-refractivity contribution is -0.140. The van der Waals surface area contributed by atoms with Gasteiger partial charge in [0.1, 0.15) is 24.2 Å². The van der Waals surface area contributed by atoms with Gasteiger partial charge in [-0.15, -0.1) is 0 Å². The number of nitrogens with one attached hydrogen (secondary N) is 1. The average molecular weight is 644 g/mol. The van der Waals surface area contributed by atoms with Crippen molar-refractivity contribution in [2.45, 2.75) is 75.9 Å². The normalized spacial score (nSPS) is 14.5. The molecule has 0 heterocycles. The van der Waals surface area contributed by atoms with Crippen molar-refractivity contribution in [3.05, 3.63) is 88.7 Å². The Hall–Kier alpha value is -3.63. The Kier molecular flexibility index (Phi) is 11.3. The van der Waals surface area contributed by atoms with Crippen LogP contribution in [-0.2, 0) is 26.2 Å². The number of halogens is 2. The van der Waals surface area contributed by atoms with Crippen molar-refractivity contribution in [1.29, 1.82) is 0 Å². The van der Waals surface area contributed by atoms with Crippen LogP contribution in [0, 0.1) is 12.7 Å². The molecule has 3 aromatic rings. The topological polar surface area (TPSA) is 96.0 Å². The molecule has 8 nitrogen and oxygen atoms in total. The molecule has 1 atom stereocenters. The van der Waals surface area contributed by atoms with E-state index in [1.54, 1.807) is 37.3 Å². The highest BCUT2D eigenvalue weighted by Crippen LogP contribution is 2.35. The molecule has 0 spiro atoms. The summed E-state index contributed by atoms with van der Waals surface area (Å²) in [5.74, 6) is -1.15. The Morgan fingerprint density at radius 2 is 1.68 bits per heavy atom. The second kappa shape index (κ2) is 14.9. The Bertz CT molecular complexity index is 1540. The number of anilines is 1. The fourth-order valence-electron chi connectivity index (χ4n) is 5.46. The van der Waals surface area contributed by atoms with Gasteiger partial charge in [-0.3, -0.25) is 13.9 Å². The Labute approximate surface area is 264 Å². The largest absolute Gasteiger partial charge is 0.495 e. The minimum atomic E-state index is -4.31. The molecule has 1 saturated carbocycles. The molecule has 1 aliphatic carbocycles. The SMILES string of the molecule is CCC(C(=O)NC1CCCCC1)N(Cc1ccc(F)cc1)C(=O)CN(c1cc(Cl)ccc1OC)S(=O)(=O)c1ccc(C)cc1. The summed E-state index contributed by atoms with van der Waals surface area (Å²) in [6, 6.07) is 15.6. The van der Waals surface area contributed by atoms with Crippen LogP contribution in [0.5, 0.6) is 5.75 Å². The van der Waals surface area contributed by atoms with Crippen molar-refractivity contribution in [2.75, 3.05) is 18.0 Å².